The maximum atomic E-state index is 6.88. The fourth-order valence-corrected chi connectivity index (χ4v) is 6.07. The molecule has 4 aromatic carbocycles. The van der Waals surface area contributed by atoms with Crippen LogP contribution in [0.3, 0.4) is 0 Å². The number of hydrogen-bond acceptors (Lipinski definition) is 4. The van der Waals surface area contributed by atoms with Crippen LogP contribution in [0.5, 0.6) is 0 Å². The Hall–Kier alpha value is -3.38. The average Bonchev–Trinajstić information content (AvgIpc) is 3.33. The summed E-state index contributed by atoms with van der Waals surface area (Å²) in [5, 5.41) is 1.59. The van der Waals surface area contributed by atoms with Gasteiger partial charge in [0, 0.05) is 15.2 Å². The van der Waals surface area contributed by atoms with Crippen LogP contribution in [-0.2, 0) is 0 Å². The van der Waals surface area contributed by atoms with E-state index in [2.05, 4.69) is 93.6 Å². The van der Waals surface area contributed by atoms with Crippen LogP contribution < -0.4 is 10.6 Å². The Morgan fingerprint density at radius 1 is 0.833 bits per heavy atom. The molecule has 6 rings (SSSR count). The number of allylic oxidation sites excluding steroid dienone is 1. The third-order valence-corrected chi connectivity index (χ3v) is 8.10. The van der Waals surface area contributed by atoms with Gasteiger partial charge >= 0.3 is 0 Å². The quantitative estimate of drug-likeness (QED) is 0.235. The predicted molar refractivity (Wildman–Crippen MR) is 156 cm³/mol. The number of benzene rings is 4. The summed E-state index contributed by atoms with van der Waals surface area (Å²) in [6.07, 6.45) is 2.10. The molecule has 6 heteroatoms. The lowest BCUT2D eigenvalue weighted by molar-refractivity contribution is 0.857. The maximum absolute atomic E-state index is 6.88. The Morgan fingerprint density at radius 3 is 2.25 bits per heavy atom. The molecule has 1 unspecified atom stereocenters. The Bertz CT molecular complexity index is 1570. The highest BCUT2D eigenvalue weighted by Gasteiger charge is 2.35. The number of para-hydroxylation sites is 1. The zero-order valence-corrected chi connectivity index (χ0v) is 22.3. The summed E-state index contributed by atoms with van der Waals surface area (Å²) in [4.78, 5) is 7.31. The Kier molecular flexibility index (Phi) is 6.13. The molecule has 0 fully saturated rings. The van der Waals surface area contributed by atoms with Gasteiger partial charge in [0.1, 0.15) is 10.7 Å². The van der Waals surface area contributed by atoms with Crippen molar-refractivity contribution < 1.29 is 0 Å². The van der Waals surface area contributed by atoms with Gasteiger partial charge in [-0.05, 0) is 71.3 Å². The molecule has 1 aromatic heterocycles. The fourth-order valence-electron chi connectivity index (χ4n) is 4.65. The highest BCUT2D eigenvalue weighted by Crippen LogP contribution is 2.48. The standard InChI is InChI=1S/C30H21BrClN3S/c31-21-12-16-23(17-13-21)35-28(20-10-14-22(32)15-11-20)24(19-6-2-1-3-7-19)18-25(33)29(35)30-34-26-8-4-5-9-27(26)36-30/h1-18,28H,33H2. The van der Waals surface area contributed by atoms with E-state index in [9.17, 15) is 0 Å². The van der Waals surface area contributed by atoms with Crippen LogP contribution >= 0.6 is 38.9 Å². The zero-order valence-electron chi connectivity index (χ0n) is 19.1. The molecular weight excluding hydrogens is 550 g/mol. The van der Waals surface area contributed by atoms with E-state index < -0.39 is 0 Å². The third kappa shape index (κ3) is 4.24. The van der Waals surface area contributed by atoms with Gasteiger partial charge in [-0.25, -0.2) is 4.98 Å². The predicted octanol–water partition coefficient (Wildman–Crippen LogP) is 8.68. The van der Waals surface area contributed by atoms with E-state index in [1.54, 1.807) is 11.3 Å². The fraction of sp³-hybridized carbons (Fsp3) is 0.0333. The van der Waals surface area contributed by atoms with Crippen LogP contribution in [0.25, 0.3) is 21.5 Å². The van der Waals surface area contributed by atoms with E-state index in [0.29, 0.717) is 10.7 Å². The molecule has 0 radical (unpaired) electrons. The molecule has 0 saturated carbocycles. The Balaban J connectivity index is 1.64. The average molecular weight is 571 g/mol. The van der Waals surface area contributed by atoms with Crippen LogP contribution in [0.4, 0.5) is 5.69 Å². The molecule has 3 nitrogen and oxygen atoms in total. The minimum Gasteiger partial charge on any atom is -0.397 e. The van der Waals surface area contributed by atoms with Crippen molar-refractivity contribution in [2.45, 2.75) is 6.04 Å². The normalized spacial score (nSPS) is 15.9. The van der Waals surface area contributed by atoms with E-state index in [1.165, 1.54) is 0 Å². The molecule has 0 amide bonds. The molecule has 2 heterocycles. The molecule has 1 aliphatic rings. The molecule has 5 aromatic rings. The monoisotopic (exact) mass is 569 g/mol. The van der Waals surface area contributed by atoms with Crippen molar-refractivity contribution in [2.24, 2.45) is 5.73 Å². The molecule has 36 heavy (non-hydrogen) atoms. The van der Waals surface area contributed by atoms with Crippen LogP contribution in [0.15, 0.2) is 119 Å². The van der Waals surface area contributed by atoms with Crippen molar-refractivity contribution in [2.75, 3.05) is 4.90 Å². The summed E-state index contributed by atoms with van der Waals surface area (Å²) < 4.78 is 2.15. The van der Waals surface area contributed by atoms with Crippen molar-refractivity contribution >= 4 is 66.0 Å². The van der Waals surface area contributed by atoms with Gasteiger partial charge in [-0.1, -0.05) is 82.1 Å². The molecule has 1 aliphatic heterocycles. The van der Waals surface area contributed by atoms with Crippen LogP contribution in [0.2, 0.25) is 5.02 Å². The Labute approximate surface area is 227 Å². The summed E-state index contributed by atoms with van der Waals surface area (Å²) >= 11 is 11.5. The smallest absolute Gasteiger partial charge is 0.143 e. The number of hydrogen-bond donors (Lipinski definition) is 1. The van der Waals surface area contributed by atoms with Gasteiger partial charge in [0.25, 0.3) is 0 Å². The van der Waals surface area contributed by atoms with Gasteiger partial charge < -0.3 is 10.6 Å². The van der Waals surface area contributed by atoms with E-state index >= 15 is 0 Å². The van der Waals surface area contributed by atoms with Gasteiger partial charge in [-0.3, -0.25) is 0 Å². The molecular formula is C30H21BrClN3S. The summed E-state index contributed by atoms with van der Waals surface area (Å²) in [6.45, 7) is 0. The first-order valence-electron chi connectivity index (χ1n) is 11.5. The highest BCUT2D eigenvalue weighted by atomic mass is 79.9. The number of thiazole rings is 1. The summed E-state index contributed by atoms with van der Waals surface area (Å²) in [6, 6.07) is 34.9. The van der Waals surface area contributed by atoms with Crippen molar-refractivity contribution in [1.82, 2.24) is 4.98 Å². The van der Waals surface area contributed by atoms with Crippen molar-refractivity contribution in [1.29, 1.82) is 0 Å². The largest absolute Gasteiger partial charge is 0.397 e. The third-order valence-electron chi connectivity index (χ3n) is 6.27. The number of nitrogens with two attached hydrogens (primary N) is 1. The second-order valence-corrected chi connectivity index (χ2v) is 10.9. The maximum Gasteiger partial charge on any atom is 0.143 e. The second-order valence-electron chi connectivity index (χ2n) is 8.56. The lowest BCUT2D eigenvalue weighted by Gasteiger charge is -2.40. The number of rotatable bonds is 4. The van der Waals surface area contributed by atoms with Crippen LogP contribution in [-0.4, -0.2) is 4.98 Å². The van der Waals surface area contributed by atoms with Crippen LogP contribution in [0.1, 0.15) is 22.2 Å². The molecule has 0 spiro atoms. The summed E-state index contributed by atoms with van der Waals surface area (Å²) in [5.74, 6) is 0. The molecule has 0 aliphatic carbocycles. The van der Waals surface area contributed by atoms with Crippen molar-refractivity contribution in [3.05, 3.63) is 141 Å². The SMILES string of the molecule is NC1=C(c2nc3ccccc3s2)N(c2ccc(Br)cc2)C(c2ccc(Cl)cc2)C(c2ccccc2)=C1. The van der Waals surface area contributed by atoms with E-state index in [0.717, 1.165) is 47.8 Å². The summed E-state index contributed by atoms with van der Waals surface area (Å²) in [7, 11) is 0. The lowest BCUT2D eigenvalue weighted by atomic mass is 9.87. The number of halogens is 2. The van der Waals surface area contributed by atoms with Gasteiger partial charge in [0.05, 0.1) is 22.0 Å². The number of fused-ring (bicyclic) bond motifs is 1. The zero-order chi connectivity index (χ0) is 24.6. The van der Waals surface area contributed by atoms with E-state index in [-0.39, 0.29) is 6.04 Å². The van der Waals surface area contributed by atoms with Crippen molar-refractivity contribution in [3.63, 3.8) is 0 Å². The van der Waals surface area contributed by atoms with Gasteiger partial charge in [0.15, 0.2) is 0 Å². The molecule has 0 saturated heterocycles. The molecule has 2 N–H and O–H groups in total. The Morgan fingerprint density at radius 2 is 1.53 bits per heavy atom. The molecule has 176 valence electrons. The second kappa shape index (κ2) is 9.58. The number of nitrogens with zero attached hydrogens (tertiary/aromatic N) is 2. The van der Waals surface area contributed by atoms with Crippen LogP contribution in [0, 0.1) is 0 Å². The first-order valence-corrected chi connectivity index (χ1v) is 13.5. The van der Waals surface area contributed by atoms with E-state index in [1.807, 2.05) is 36.4 Å². The van der Waals surface area contributed by atoms with Gasteiger partial charge in [-0.15, -0.1) is 11.3 Å². The number of aromatic nitrogens is 1. The summed E-state index contributed by atoms with van der Waals surface area (Å²) in [5.41, 5.74) is 13.8. The molecule has 0 bridgehead atoms. The highest BCUT2D eigenvalue weighted by molar-refractivity contribution is 9.10. The molecule has 1 atom stereocenters. The minimum absolute atomic E-state index is 0.139. The number of anilines is 1. The first-order chi connectivity index (χ1) is 17.6. The van der Waals surface area contributed by atoms with E-state index in [4.69, 9.17) is 22.3 Å². The van der Waals surface area contributed by atoms with Crippen molar-refractivity contribution in [3.8, 4) is 0 Å². The lowest BCUT2D eigenvalue weighted by Crippen LogP contribution is -2.33. The first kappa shape index (κ1) is 23.0. The van der Waals surface area contributed by atoms with Gasteiger partial charge in [0.2, 0.25) is 0 Å². The topological polar surface area (TPSA) is 42.1 Å². The minimum atomic E-state index is -0.139. The van der Waals surface area contributed by atoms with Gasteiger partial charge in [-0.2, -0.15) is 0 Å².